The SMILES string of the molecule is CCCCCCCCCCCCCCCCCC/C=C/CC/C=C/C(O)C(COC1OC(CO)C(O)C(O)C1O)NC(=O)CCCCCCCCCCCCCCCCCCCCCC. The lowest BCUT2D eigenvalue weighted by Gasteiger charge is -2.40. The molecule has 0 bridgehead atoms. The van der Waals surface area contributed by atoms with E-state index >= 15 is 0 Å². The maximum atomic E-state index is 13.0. The first-order valence-electron chi connectivity index (χ1n) is 28.1. The summed E-state index contributed by atoms with van der Waals surface area (Å²) in [4.78, 5) is 13.0. The zero-order valence-corrected chi connectivity index (χ0v) is 42.5. The number of carbonyl (C=O) groups excluding carboxylic acids is 1. The van der Waals surface area contributed by atoms with Crippen molar-refractivity contribution < 1.29 is 39.8 Å². The second-order valence-electron chi connectivity index (χ2n) is 19.7. The molecule has 1 saturated heterocycles. The van der Waals surface area contributed by atoms with Crippen molar-refractivity contribution >= 4 is 5.91 Å². The molecule has 0 saturated carbocycles. The molecule has 0 aromatic heterocycles. The van der Waals surface area contributed by atoms with Crippen LogP contribution in [0.15, 0.2) is 24.3 Å². The molecule has 1 amide bonds. The number of unbranched alkanes of at least 4 members (excludes halogenated alkanes) is 36. The fraction of sp³-hybridized carbons (Fsp3) is 0.911. The van der Waals surface area contributed by atoms with Gasteiger partial charge in [-0.3, -0.25) is 4.79 Å². The first-order chi connectivity index (χ1) is 31.8. The Kier molecular flexibility index (Phi) is 44.0. The minimum atomic E-state index is -1.57. The van der Waals surface area contributed by atoms with Crippen molar-refractivity contribution in [1.82, 2.24) is 5.32 Å². The summed E-state index contributed by atoms with van der Waals surface area (Å²) in [6, 6.07) is -0.818. The Morgan fingerprint density at radius 3 is 1.29 bits per heavy atom. The number of aliphatic hydroxyl groups is 5. The van der Waals surface area contributed by atoms with Gasteiger partial charge in [-0.2, -0.15) is 0 Å². The molecule has 384 valence electrons. The van der Waals surface area contributed by atoms with Crippen LogP contribution in [0.4, 0.5) is 0 Å². The number of carbonyl (C=O) groups is 1. The number of allylic oxidation sites excluding steroid dienone is 3. The summed E-state index contributed by atoms with van der Waals surface area (Å²) in [6.07, 6.45) is 51.0. The summed E-state index contributed by atoms with van der Waals surface area (Å²) in [6.45, 7) is 3.80. The van der Waals surface area contributed by atoms with Gasteiger partial charge >= 0.3 is 0 Å². The summed E-state index contributed by atoms with van der Waals surface area (Å²) in [5.41, 5.74) is 0. The van der Waals surface area contributed by atoms with E-state index in [0.717, 1.165) is 38.5 Å². The van der Waals surface area contributed by atoms with Crippen LogP contribution in [0.25, 0.3) is 0 Å². The molecule has 65 heavy (non-hydrogen) atoms. The zero-order chi connectivity index (χ0) is 47.3. The van der Waals surface area contributed by atoms with Gasteiger partial charge in [0.1, 0.15) is 24.4 Å². The molecule has 0 aliphatic carbocycles. The fourth-order valence-electron chi connectivity index (χ4n) is 9.06. The third kappa shape index (κ3) is 36.3. The number of aliphatic hydroxyl groups excluding tert-OH is 5. The highest BCUT2D eigenvalue weighted by Crippen LogP contribution is 2.23. The van der Waals surface area contributed by atoms with Crippen LogP contribution in [0, 0.1) is 0 Å². The van der Waals surface area contributed by atoms with Gasteiger partial charge in [0.2, 0.25) is 5.91 Å². The summed E-state index contributed by atoms with van der Waals surface area (Å²) in [7, 11) is 0. The second kappa shape index (κ2) is 46.4. The maximum Gasteiger partial charge on any atom is 0.220 e. The van der Waals surface area contributed by atoms with E-state index in [1.54, 1.807) is 6.08 Å². The molecule has 7 atom stereocenters. The van der Waals surface area contributed by atoms with Crippen LogP contribution in [0.2, 0.25) is 0 Å². The highest BCUT2D eigenvalue weighted by atomic mass is 16.7. The average molecular weight is 922 g/mol. The van der Waals surface area contributed by atoms with E-state index in [1.807, 2.05) is 6.08 Å². The lowest BCUT2D eigenvalue weighted by molar-refractivity contribution is -0.302. The van der Waals surface area contributed by atoms with Gasteiger partial charge in [0.25, 0.3) is 0 Å². The van der Waals surface area contributed by atoms with E-state index in [9.17, 15) is 30.3 Å². The molecule has 1 aliphatic heterocycles. The van der Waals surface area contributed by atoms with Crippen LogP contribution < -0.4 is 5.32 Å². The average Bonchev–Trinajstić information content (AvgIpc) is 3.31. The van der Waals surface area contributed by atoms with Crippen LogP contribution in [0.5, 0.6) is 0 Å². The maximum absolute atomic E-state index is 13.0. The van der Waals surface area contributed by atoms with Gasteiger partial charge in [-0.25, -0.2) is 0 Å². The fourth-order valence-corrected chi connectivity index (χ4v) is 9.06. The van der Waals surface area contributed by atoms with Crippen molar-refractivity contribution in [1.29, 1.82) is 0 Å². The smallest absolute Gasteiger partial charge is 0.220 e. The van der Waals surface area contributed by atoms with Gasteiger partial charge < -0.3 is 40.3 Å². The van der Waals surface area contributed by atoms with Gasteiger partial charge in [-0.05, 0) is 32.1 Å². The van der Waals surface area contributed by atoms with E-state index < -0.39 is 49.5 Å². The molecule has 1 aliphatic rings. The molecule has 7 unspecified atom stereocenters. The predicted octanol–water partition coefficient (Wildman–Crippen LogP) is 13.4. The van der Waals surface area contributed by atoms with Gasteiger partial charge in [0.15, 0.2) is 6.29 Å². The molecule has 0 aromatic rings. The number of ether oxygens (including phenoxy) is 2. The van der Waals surface area contributed by atoms with Gasteiger partial charge in [0.05, 0.1) is 25.4 Å². The minimum absolute atomic E-state index is 0.181. The van der Waals surface area contributed by atoms with E-state index in [2.05, 4.69) is 31.3 Å². The lowest BCUT2D eigenvalue weighted by atomic mass is 9.99. The quantitative estimate of drug-likeness (QED) is 0.0261. The third-order valence-corrected chi connectivity index (χ3v) is 13.5. The van der Waals surface area contributed by atoms with Crippen molar-refractivity contribution in [2.24, 2.45) is 0 Å². The topological polar surface area (TPSA) is 149 Å². The Morgan fingerprint density at radius 1 is 0.508 bits per heavy atom. The van der Waals surface area contributed by atoms with Crippen LogP contribution in [0.1, 0.15) is 271 Å². The zero-order valence-electron chi connectivity index (χ0n) is 42.5. The number of hydrogen-bond acceptors (Lipinski definition) is 8. The second-order valence-corrected chi connectivity index (χ2v) is 19.7. The largest absolute Gasteiger partial charge is 0.394 e. The Bertz CT molecular complexity index is 1070. The molecular weight excluding hydrogens is 815 g/mol. The molecule has 1 heterocycles. The molecular formula is C56H107NO8. The highest BCUT2D eigenvalue weighted by Gasteiger charge is 2.44. The third-order valence-electron chi connectivity index (χ3n) is 13.5. The van der Waals surface area contributed by atoms with Crippen LogP contribution in [-0.4, -0.2) is 87.5 Å². The Hall–Kier alpha value is -1.33. The molecule has 6 N–H and O–H groups in total. The Morgan fingerprint density at radius 2 is 0.877 bits per heavy atom. The number of rotatable bonds is 48. The lowest BCUT2D eigenvalue weighted by Crippen LogP contribution is -2.60. The molecule has 9 heteroatoms. The first kappa shape index (κ1) is 61.7. The normalized spacial score (nSPS) is 20.0. The summed E-state index contributed by atoms with van der Waals surface area (Å²) in [5, 5.41) is 54.4. The summed E-state index contributed by atoms with van der Waals surface area (Å²) in [5.74, 6) is -0.181. The van der Waals surface area contributed by atoms with Gasteiger partial charge in [-0.1, -0.05) is 256 Å². The van der Waals surface area contributed by atoms with E-state index in [1.165, 1.54) is 212 Å². The van der Waals surface area contributed by atoms with Crippen LogP contribution in [-0.2, 0) is 14.3 Å². The minimum Gasteiger partial charge on any atom is -0.394 e. The van der Waals surface area contributed by atoms with Gasteiger partial charge in [-0.15, -0.1) is 0 Å². The van der Waals surface area contributed by atoms with E-state index in [4.69, 9.17) is 9.47 Å². The Balaban J connectivity index is 2.26. The molecule has 0 spiro atoms. The standard InChI is InChI=1S/C56H107NO8/c1-3-5-7-9-11-13-15-17-19-21-23-25-26-27-29-31-33-35-37-39-41-43-45-50(59)49(48-64-56-55(63)54(62)53(61)51(47-58)65-56)57-52(60)46-44-42-40-38-36-34-32-30-28-24-22-20-18-16-14-12-10-8-6-4-2/h35,37,43,45,49-51,53-56,58-59,61-63H,3-34,36,38-42,44,46-48H2,1-2H3,(H,57,60)/b37-35+,45-43+. The summed E-state index contributed by atoms with van der Waals surface area (Å²) >= 11 is 0. The highest BCUT2D eigenvalue weighted by molar-refractivity contribution is 5.76. The number of amides is 1. The molecule has 0 radical (unpaired) electrons. The molecule has 9 nitrogen and oxygen atoms in total. The van der Waals surface area contributed by atoms with Crippen LogP contribution >= 0.6 is 0 Å². The van der Waals surface area contributed by atoms with Crippen molar-refractivity contribution in [2.75, 3.05) is 13.2 Å². The molecule has 1 rings (SSSR count). The van der Waals surface area contributed by atoms with Crippen molar-refractivity contribution in [2.45, 2.75) is 314 Å². The first-order valence-corrected chi connectivity index (χ1v) is 28.1. The van der Waals surface area contributed by atoms with E-state index in [0.29, 0.717) is 6.42 Å². The van der Waals surface area contributed by atoms with Crippen molar-refractivity contribution in [3.05, 3.63) is 24.3 Å². The molecule has 0 aromatic carbocycles. The number of nitrogens with one attached hydrogen (secondary N) is 1. The van der Waals surface area contributed by atoms with Crippen molar-refractivity contribution in [3.63, 3.8) is 0 Å². The van der Waals surface area contributed by atoms with Gasteiger partial charge in [0, 0.05) is 6.42 Å². The van der Waals surface area contributed by atoms with Crippen molar-refractivity contribution in [3.8, 4) is 0 Å². The Labute approximate surface area is 400 Å². The van der Waals surface area contributed by atoms with Crippen LogP contribution in [0.3, 0.4) is 0 Å². The summed E-state index contributed by atoms with van der Waals surface area (Å²) < 4.78 is 11.3. The van der Waals surface area contributed by atoms with E-state index in [-0.39, 0.29) is 12.5 Å². The predicted molar refractivity (Wildman–Crippen MR) is 272 cm³/mol. The number of hydrogen-bond donors (Lipinski definition) is 6. The monoisotopic (exact) mass is 922 g/mol. The molecule has 1 fully saturated rings.